The van der Waals surface area contributed by atoms with Crippen molar-refractivity contribution in [3.05, 3.63) is 34.3 Å². The van der Waals surface area contributed by atoms with Crippen LogP contribution in [-0.4, -0.2) is 6.29 Å². The number of rotatable bonds is 2. The quantitative estimate of drug-likeness (QED) is 0.683. The van der Waals surface area contributed by atoms with Crippen molar-refractivity contribution in [1.29, 1.82) is 0 Å². The molecule has 2 rings (SSSR count). The Labute approximate surface area is 89.1 Å². The zero-order valence-electron chi connectivity index (χ0n) is 8.00. The molecule has 1 aromatic carbocycles. The molecule has 1 atom stereocenters. The van der Waals surface area contributed by atoms with Crippen LogP contribution in [0.25, 0.3) is 0 Å². The smallest absolute Gasteiger partial charge is 0.120 e. The van der Waals surface area contributed by atoms with E-state index >= 15 is 0 Å². The molecule has 0 saturated heterocycles. The number of benzene rings is 1. The molecule has 0 fully saturated rings. The molecule has 1 unspecified atom stereocenters. The lowest BCUT2D eigenvalue weighted by Crippen LogP contribution is -2.14. The van der Waals surface area contributed by atoms with Gasteiger partial charge in [-0.3, -0.25) is 0 Å². The minimum atomic E-state index is 0.526. The van der Waals surface area contributed by atoms with Gasteiger partial charge in [0, 0.05) is 11.4 Å². The van der Waals surface area contributed by atoms with Crippen LogP contribution in [0, 0.1) is 5.92 Å². The Hall–Kier alpha value is -0.820. The first-order valence-corrected chi connectivity index (χ1v) is 5.39. The van der Waals surface area contributed by atoms with Crippen molar-refractivity contribution in [3.63, 3.8) is 0 Å². The molecule has 0 spiro atoms. The summed E-state index contributed by atoms with van der Waals surface area (Å²) in [6.07, 6.45) is 4.84. The second-order valence-electron chi connectivity index (χ2n) is 3.89. The molecule has 14 heavy (non-hydrogen) atoms. The van der Waals surface area contributed by atoms with Crippen LogP contribution in [0.3, 0.4) is 0 Å². The fourth-order valence-electron chi connectivity index (χ4n) is 2.17. The zero-order chi connectivity index (χ0) is 9.97. The van der Waals surface area contributed by atoms with Crippen LogP contribution in [0.2, 0.25) is 5.02 Å². The van der Waals surface area contributed by atoms with E-state index in [-0.39, 0.29) is 0 Å². The molecule has 1 aliphatic carbocycles. The monoisotopic (exact) mass is 208 g/mol. The molecule has 1 aromatic rings. The van der Waals surface area contributed by atoms with Crippen LogP contribution in [-0.2, 0) is 17.6 Å². The first kappa shape index (κ1) is 9.72. The summed E-state index contributed by atoms with van der Waals surface area (Å²) < 4.78 is 0. The number of fused-ring (bicyclic) bond motifs is 1. The second kappa shape index (κ2) is 4.14. The topological polar surface area (TPSA) is 17.1 Å². The van der Waals surface area contributed by atoms with Crippen molar-refractivity contribution in [2.75, 3.05) is 0 Å². The maximum atomic E-state index is 10.4. The molecule has 0 aliphatic heterocycles. The van der Waals surface area contributed by atoms with Gasteiger partial charge in [0.1, 0.15) is 6.29 Å². The lowest BCUT2D eigenvalue weighted by Gasteiger charge is -2.23. The van der Waals surface area contributed by atoms with Crippen molar-refractivity contribution < 1.29 is 4.79 Å². The second-order valence-corrected chi connectivity index (χ2v) is 4.30. The van der Waals surface area contributed by atoms with E-state index in [0.717, 1.165) is 30.6 Å². The maximum absolute atomic E-state index is 10.4. The number of carbonyl (C=O) groups excluding carboxylic acids is 1. The normalized spacial score (nSPS) is 20.2. The Kier molecular flexibility index (Phi) is 2.87. The van der Waals surface area contributed by atoms with Crippen LogP contribution < -0.4 is 0 Å². The third-order valence-electron chi connectivity index (χ3n) is 2.96. The Bertz CT molecular complexity index is 346. The van der Waals surface area contributed by atoms with Crippen LogP contribution in [0.15, 0.2) is 18.2 Å². The Balaban J connectivity index is 2.22. The molecule has 0 saturated carbocycles. The summed E-state index contributed by atoms with van der Waals surface area (Å²) in [4.78, 5) is 10.4. The summed E-state index contributed by atoms with van der Waals surface area (Å²) in [6.45, 7) is 0. The van der Waals surface area contributed by atoms with E-state index < -0.39 is 0 Å². The highest BCUT2D eigenvalue weighted by Crippen LogP contribution is 2.31. The van der Waals surface area contributed by atoms with Crippen molar-refractivity contribution in [2.24, 2.45) is 5.92 Å². The highest BCUT2D eigenvalue weighted by Gasteiger charge is 2.19. The van der Waals surface area contributed by atoms with Crippen molar-refractivity contribution in [1.82, 2.24) is 0 Å². The molecule has 2 heteroatoms. The Morgan fingerprint density at radius 2 is 2.36 bits per heavy atom. The lowest BCUT2D eigenvalue weighted by atomic mass is 9.82. The van der Waals surface area contributed by atoms with E-state index in [9.17, 15) is 4.79 Å². The van der Waals surface area contributed by atoms with Crippen molar-refractivity contribution in [3.8, 4) is 0 Å². The summed E-state index contributed by atoms with van der Waals surface area (Å²) in [6, 6.07) is 6.06. The first-order valence-electron chi connectivity index (χ1n) is 5.01. The fourth-order valence-corrected chi connectivity index (χ4v) is 2.46. The number of carbonyl (C=O) groups is 1. The molecule has 0 amide bonds. The van der Waals surface area contributed by atoms with Crippen molar-refractivity contribution >= 4 is 17.9 Å². The maximum Gasteiger partial charge on any atom is 0.120 e. The van der Waals surface area contributed by atoms with Gasteiger partial charge in [0.25, 0.3) is 0 Å². The average Bonchev–Trinajstić information content (AvgIpc) is 2.18. The first-order chi connectivity index (χ1) is 6.81. The minimum Gasteiger partial charge on any atom is -0.303 e. The zero-order valence-corrected chi connectivity index (χ0v) is 8.76. The van der Waals surface area contributed by atoms with Gasteiger partial charge in [0.05, 0.1) is 0 Å². The molecular formula is C12H13ClO. The van der Waals surface area contributed by atoms with Gasteiger partial charge < -0.3 is 4.79 Å². The lowest BCUT2D eigenvalue weighted by molar-refractivity contribution is -0.108. The molecule has 1 nitrogen and oxygen atoms in total. The van der Waals surface area contributed by atoms with Gasteiger partial charge in [-0.1, -0.05) is 23.7 Å². The van der Waals surface area contributed by atoms with E-state index in [2.05, 4.69) is 6.07 Å². The SMILES string of the molecule is O=CCC1CCc2c(Cl)cccc2C1. The standard InChI is InChI=1S/C12H13ClO/c13-12-3-1-2-10-8-9(6-7-14)4-5-11(10)12/h1-3,7,9H,4-6,8H2. The predicted molar refractivity (Wildman–Crippen MR) is 57.6 cm³/mol. The van der Waals surface area contributed by atoms with E-state index in [0.29, 0.717) is 12.3 Å². The van der Waals surface area contributed by atoms with E-state index in [1.807, 2.05) is 12.1 Å². The summed E-state index contributed by atoms with van der Waals surface area (Å²) in [5.74, 6) is 0.526. The molecule has 1 aliphatic rings. The summed E-state index contributed by atoms with van der Waals surface area (Å²) in [5.41, 5.74) is 2.62. The van der Waals surface area contributed by atoms with Crippen LogP contribution in [0.4, 0.5) is 0 Å². The predicted octanol–water partition coefficient (Wildman–Crippen LogP) is 3.03. The number of hydrogen-bond acceptors (Lipinski definition) is 1. The highest BCUT2D eigenvalue weighted by atomic mass is 35.5. The molecule has 0 aromatic heterocycles. The largest absolute Gasteiger partial charge is 0.303 e. The molecule has 74 valence electrons. The minimum absolute atomic E-state index is 0.526. The van der Waals surface area contributed by atoms with Crippen LogP contribution in [0.1, 0.15) is 24.0 Å². The summed E-state index contributed by atoms with van der Waals surface area (Å²) >= 11 is 6.10. The van der Waals surface area contributed by atoms with E-state index in [1.54, 1.807) is 0 Å². The van der Waals surface area contributed by atoms with Gasteiger partial charge in [-0.05, 0) is 42.4 Å². The van der Waals surface area contributed by atoms with Gasteiger partial charge in [0.15, 0.2) is 0 Å². The van der Waals surface area contributed by atoms with Gasteiger partial charge in [-0.15, -0.1) is 0 Å². The van der Waals surface area contributed by atoms with Gasteiger partial charge in [-0.25, -0.2) is 0 Å². The number of aldehydes is 1. The summed E-state index contributed by atoms with van der Waals surface area (Å²) in [7, 11) is 0. The Morgan fingerprint density at radius 1 is 1.50 bits per heavy atom. The molecule has 0 radical (unpaired) electrons. The molecule has 0 heterocycles. The van der Waals surface area contributed by atoms with E-state index in [1.165, 1.54) is 11.1 Å². The molecular weight excluding hydrogens is 196 g/mol. The summed E-state index contributed by atoms with van der Waals surface area (Å²) in [5, 5.41) is 0.882. The van der Waals surface area contributed by atoms with E-state index in [4.69, 9.17) is 11.6 Å². The number of halogens is 1. The average molecular weight is 209 g/mol. The van der Waals surface area contributed by atoms with Gasteiger partial charge in [0.2, 0.25) is 0 Å². The Morgan fingerprint density at radius 3 is 3.14 bits per heavy atom. The molecule has 0 N–H and O–H groups in total. The van der Waals surface area contributed by atoms with Crippen LogP contribution in [0.5, 0.6) is 0 Å². The third kappa shape index (κ3) is 1.83. The van der Waals surface area contributed by atoms with Gasteiger partial charge >= 0.3 is 0 Å². The molecule has 0 bridgehead atoms. The van der Waals surface area contributed by atoms with Crippen molar-refractivity contribution in [2.45, 2.75) is 25.7 Å². The fraction of sp³-hybridized carbons (Fsp3) is 0.417. The van der Waals surface area contributed by atoms with Gasteiger partial charge in [-0.2, -0.15) is 0 Å². The highest BCUT2D eigenvalue weighted by molar-refractivity contribution is 6.31. The van der Waals surface area contributed by atoms with Crippen LogP contribution >= 0.6 is 11.6 Å². The number of hydrogen-bond donors (Lipinski definition) is 0. The third-order valence-corrected chi connectivity index (χ3v) is 3.31.